The summed E-state index contributed by atoms with van der Waals surface area (Å²) in [4.78, 5) is 0. The Hall–Kier alpha value is -2.00. The average molecular weight is 255 g/mol. The first-order valence-corrected chi connectivity index (χ1v) is 6.45. The molecule has 2 atom stereocenters. The van der Waals surface area contributed by atoms with Crippen LogP contribution in [0.15, 0.2) is 48.5 Å². The molecule has 2 aromatic rings. The first-order valence-electron chi connectivity index (χ1n) is 6.45. The third kappa shape index (κ3) is 2.29. The molecule has 0 aliphatic carbocycles. The van der Waals surface area contributed by atoms with E-state index >= 15 is 0 Å². The van der Waals surface area contributed by atoms with Gasteiger partial charge in [-0.05, 0) is 23.8 Å². The zero-order chi connectivity index (χ0) is 13.2. The van der Waals surface area contributed by atoms with Gasteiger partial charge in [0.2, 0.25) is 0 Å². The van der Waals surface area contributed by atoms with Crippen LogP contribution in [0.2, 0.25) is 0 Å². The summed E-state index contributed by atoms with van der Waals surface area (Å²) in [5, 5.41) is 13.7. The molecule has 1 aliphatic rings. The van der Waals surface area contributed by atoms with Crippen LogP contribution in [0, 0.1) is 0 Å². The van der Waals surface area contributed by atoms with Gasteiger partial charge in [-0.2, -0.15) is 0 Å². The molecule has 0 bridgehead atoms. The standard InChI is InChI=1S/C16H17NO2/c1-19-12-6-4-5-11(9-12)15-10-16(18)13-7-2-3-8-14(13)17-15/h2-9,15-18H,10H2,1H3/t15-,16+/m0/s1. The monoisotopic (exact) mass is 255 g/mol. The number of hydrogen-bond donors (Lipinski definition) is 2. The number of benzene rings is 2. The number of rotatable bonds is 2. The summed E-state index contributed by atoms with van der Waals surface area (Å²) < 4.78 is 5.25. The van der Waals surface area contributed by atoms with Crippen molar-refractivity contribution in [1.29, 1.82) is 0 Å². The summed E-state index contributed by atoms with van der Waals surface area (Å²) in [7, 11) is 1.66. The van der Waals surface area contributed by atoms with E-state index in [1.165, 1.54) is 0 Å². The molecule has 0 unspecified atom stereocenters. The zero-order valence-corrected chi connectivity index (χ0v) is 10.8. The van der Waals surface area contributed by atoms with Crippen LogP contribution >= 0.6 is 0 Å². The SMILES string of the molecule is COc1cccc([C@@H]2C[C@@H](O)c3ccccc3N2)c1. The van der Waals surface area contributed by atoms with Gasteiger partial charge in [-0.1, -0.05) is 30.3 Å². The van der Waals surface area contributed by atoms with E-state index in [0.29, 0.717) is 6.42 Å². The maximum Gasteiger partial charge on any atom is 0.119 e. The lowest BCUT2D eigenvalue weighted by atomic mass is 9.91. The molecular weight excluding hydrogens is 238 g/mol. The fourth-order valence-electron chi connectivity index (χ4n) is 2.59. The van der Waals surface area contributed by atoms with Gasteiger partial charge in [0.15, 0.2) is 0 Å². The molecule has 98 valence electrons. The summed E-state index contributed by atoms with van der Waals surface area (Å²) in [6.45, 7) is 0. The van der Waals surface area contributed by atoms with Gasteiger partial charge in [-0.15, -0.1) is 0 Å². The first kappa shape index (κ1) is 12.1. The Balaban J connectivity index is 1.92. The van der Waals surface area contributed by atoms with E-state index in [0.717, 1.165) is 22.6 Å². The molecule has 0 aromatic heterocycles. The molecule has 3 heteroatoms. The Bertz CT molecular complexity index is 582. The third-order valence-corrected chi connectivity index (χ3v) is 3.60. The van der Waals surface area contributed by atoms with Crippen LogP contribution in [0.4, 0.5) is 5.69 Å². The number of para-hydroxylation sites is 1. The molecule has 0 saturated carbocycles. The predicted octanol–water partition coefficient (Wildman–Crippen LogP) is 3.29. The van der Waals surface area contributed by atoms with Crippen molar-refractivity contribution in [3.05, 3.63) is 59.7 Å². The fraction of sp³-hybridized carbons (Fsp3) is 0.250. The van der Waals surface area contributed by atoms with E-state index in [9.17, 15) is 5.11 Å². The van der Waals surface area contributed by atoms with Gasteiger partial charge in [0, 0.05) is 17.7 Å². The number of nitrogens with one attached hydrogen (secondary N) is 1. The molecule has 2 N–H and O–H groups in total. The van der Waals surface area contributed by atoms with Crippen LogP contribution in [0.5, 0.6) is 5.75 Å². The summed E-state index contributed by atoms with van der Waals surface area (Å²) in [6, 6.07) is 16.0. The lowest BCUT2D eigenvalue weighted by Crippen LogP contribution is -2.21. The van der Waals surface area contributed by atoms with E-state index in [4.69, 9.17) is 4.74 Å². The molecule has 3 rings (SSSR count). The number of hydrogen-bond acceptors (Lipinski definition) is 3. The van der Waals surface area contributed by atoms with E-state index in [1.54, 1.807) is 7.11 Å². The minimum Gasteiger partial charge on any atom is -0.497 e. The largest absolute Gasteiger partial charge is 0.497 e. The van der Waals surface area contributed by atoms with Crippen LogP contribution in [0.3, 0.4) is 0 Å². The van der Waals surface area contributed by atoms with Crippen molar-refractivity contribution < 1.29 is 9.84 Å². The number of aliphatic hydroxyl groups is 1. The van der Waals surface area contributed by atoms with Crippen molar-refractivity contribution in [3.8, 4) is 5.75 Å². The highest BCUT2D eigenvalue weighted by molar-refractivity contribution is 5.56. The van der Waals surface area contributed by atoms with Crippen molar-refractivity contribution in [2.75, 3.05) is 12.4 Å². The van der Waals surface area contributed by atoms with Gasteiger partial charge in [0.1, 0.15) is 5.75 Å². The van der Waals surface area contributed by atoms with Gasteiger partial charge in [-0.3, -0.25) is 0 Å². The topological polar surface area (TPSA) is 41.5 Å². The highest BCUT2D eigenvalue weighted by Gasteiger charge is 2.25. The third-order valence-electron chi connectivity index (χ3n) is 3.60. The molecule has 0 spiro atoms. The smallest absolute Gasteiger partial charge is 0.119 e. The maximum absolute atomic E-state index is 10.2. The van der Waals surface area contributed by atoms with Crippen LogP contribution in [0.1, 0.15) is 29.7 Å². The quantitative estimate of drug-likeness (QED) is 0.865. The molecule has 0 saturated heterocycles. The Morgan fingerprint density at radius 1 is 1.16 bits per heavy atom. The Morgan fingerprint density at radius 3 is 2.84 bits per heavy atom. The van der Waals surface area contributed by atoms with Crippen molar-refractivity contribution >= 4 is 5.69 Å². The van der Waals surface area contributed by atoms with Gasteiger partial charge < -0.3 is 15.2 Å². The molecule has 1 heterocycles. The molecule has 0 radical (unpaired) electrons. The molecule has 0 fully saturated rings. The second-order valence-corrected chi connectivity index (χ2v) is 4.81. The number of anilines is 1. The Kier molecular flexibility index (Phi) is 3.13. The van der Waals surface area contributed by atoms with Gasteiger partial charge >= 0.3 is 0 Å². The van der Waals surface area contributed by atoms with E-state index in [1.807, 2.05) is 42.5 Å². The molecule has 2 aromatic carbocycles. The zero-order valence-electron chi connectivity index (χ0n) is 10.8. The van der Waals surface area contributed by atoms with Gasteiger partial charge in [-0.25, -0.2) is 0 Å². The lowest BCUT2D eigenvalue weighted by Gasteiger charge is -2.31. The number of methoxy groups -OCH3 is 1. The summed E-state index contributed by atoms with van der Waals surface area (Å²) in [6.07, 6.45) is 0.248. The Labute approximate surface area is 112 Å². The highest BCUT2D eigenvalue weighted by Crippen LogP contribution is 2.39. The predicted molar refractivity (Wildman–Crippen MR) is 75.4 cm³/mol. The lowest BCUT2D eigenvalue weighted by molar-refractivity contribution is 0.156. The minimum atomic E-state index is -0.423. The van der Waals surface area contributed by atoms with Crippen molar-refractivity contribution in [1.82, 2.24) is 0 Å². The van der Waals surface area contributed by atoms with Crippen LogP contribution in [0.25, 0.3) is 0 Å². The number of aliphatic hydroxyl groups excluding tert-OH is 1. The minimum absolute atomic E-state index is 0.111. The van der Waals surface area contributed by atoms with Gasteiger partial charge in [0.05, 0.1) is 19.3 Å². The number of fused-ring (bicyclic) bond motifs is 1. The van der Waals surface area contributed by atoms with Crippen molar-refractivity contribution in [3.63, 3.8) is 0 Å². The molecule has 19 heavy (non-hydrogen) atoms. The molecule has 3 nitrogen and oxygen atoms in total. The second kappa shape index (κ2) is 4.94. The van der Waals surface area contributed by atoms with Crippen LogP contribution in [-0.4, -0.2) is 12.2 Å². The summed E-state index contributed by atoms with van der Waals surface area (Å²) >= 11 is 0. The highest BCUT2D eigenvalue weighted by atomic mass is 16.5. The number of ether oxygens (including phenoxy) is 1. The van der Waals surface area contributed by atoms with E-state index in [-0.39, 0.29) is 6.04 Å². The molecule has 0 amide bonds. The van der Waals surface area contributed by atoms with Crippen LogP contribution in [-0.2, 0) is 0 Å². The van der Waals surface area contributed by atoms with Crippen molar-refractivity contribution in [2.45, 2.75) is 18.6 Å². The first-order chi connectivity index (χ1) is 9.28. The van der Waals surface area contributed by atoms with E-state index < -0.39 is 6.10 Å². The van der Waals surface area contributed by atoms with Crippen molar-refractivity contribution in [2.24, 2.45) is 0 Å². The van der Waals surface area contributed by atoms with Gasteiger partial charge in [0.25, 0.3) is 0 Å². The second-order valence-electron chi connectivity index (χ2n) is 4.81. The molecular formula is C16H17NO2. The summed E-state index contributed by atoms with van der Waals surface area (Å²) in [5.41, 5.74) is 3.11. The maximum atomic E-state index is 10.2. The normalized spacial score (nSPS) is 21.4. The molecule has 1 aliphatic heterocycles. The Morgan fingerprint density at radius 2 is 2.00 bits per heavy atom. The average Bonchev–Trinajstić information content (AvgIpc) is 2.47. The van der Waals surface area contributed by atoms with Crippen LogP contribution < -0.4 is 10.1 Å². The summed E-state index contributed by atoms with van der Waals surface area (Å²) in [5.74, 6) is 0.840. The van der Waals surface area contributed by atoms with E-state index in [2.05, 4.69) is 11.4 Å². The fourth-order valence-corrected chi connectivity index (χ4v) is 2.59.